The summed E-state index contributed by atoms with van der Waals surface area (Å²) < 4.78 is 5.50. The molecule has 17 heavy (non-hydrogen) atoms. The fourth-order valence-electron chi connectivity index (χ4n) is 2.44. The average molecular weight is 234 g/mol. The van der Waals surface area contributed by atoms with Gasteiger partial charge in [0.05, 0.1) is 18.8 Å². The lowest BCUT2D eigenvalue weighted by molar-refractivity contribution is 0.0807. The first-order valence-corrected chi connectivity index (χ1v) is 6.56. The quantitative estimate of drug-likeness (QED) is 0.867. The summed E-state index contributed by atoms with van der Waals surface area (Å²) in [5.41, 5.74) is 2.57. The van der Waals surface area contributed by atoms with E-state index in [9.17, 15) is 5.11 Å². The number of aryl methyl sites for hydroxylation is 1. The molecule has 0 amide bonds. The molecule has 1 heterocycles. The van der Waals surface area contributed by atoms with Crippen molar-refractivity contribution in [2.24, 2.45) is 5.92 Å². The lowest BCUT2D eigenvalue weighted by Crippen LogP contribution is -2.23. The van der Waals surface area contributed by atoms with E-state index < -0.39 is 0 Å². The molecule has 1 aliphatic heterocycles. The molecule has 1 aliphatic rings. The number of hydrogen-bond donors (Lipinski definition) is 1. The fraction of sp³-hybridized carbons (Fsp3) is 0.600. The van der Waals surface area contributed by atoms with Gasteiger partial charge in [-0.25, -0.2) is 0 Å². The Morgan fingerprint density at radius 2 is 1.94 bits per heavy atom. The van der Waals surface area contributed by atoms with Gasteiger partial charge >= 0.3 is 0 Å². The van der Waals surface area contributed by atoms with Gasteiger partial charge in [-0.3, -0.25) is 0 Å². The zero-order valence-electron chi connectivity index (χ0n) is 10.7. The van der Waals surface area contributed by atoms with Gasteiger partial charge in [0, 0.05) is 5.92 Å². The summed E-state index contributed by atoms with van der Waals surface area (Å²) in [4.78, 5) is 0. The van der Waals surface area contributed by atoms with E-state index in [0.29, 0.717) is 18.6 Å². The molecule has 94 valence electrons. The summed E-state index contributed by atoms with van der Waals surface area (Å²) in [6.45, 7) is 4.93. The van der Waals surface area contributed by atoms with Crippen LogP contribution in [0.25, 0.3) is 0 Å². The van der Waals surface area contributed by atoms with Crippen LogP contribution in [0.5, 0.6) is 0 Å². The molecule has 1 aromatic rings. The van der Waals surface area contributed by atoms with E-state index >= 15 is 0 Å². The normalized spacial score (nSPS) is 26.1. The van der Waals surface area contributed by atoms with Gasteiger partial charge in [0.25, 0.3) is 0 Å². The molecule has 0 aromatic heterocycles. The fourth-order valence-corrected chi connectivity index (χ4v) is 2.44. The summed E-state index contributed by atoms with van der Waals surface area (Å²) in [5.74, 6) is 0.302. The van der Waals surface area contributed by atoms with E-state index in [1.165, 1.54) is 11.1 Å². The Morgan fingerprint density at radius 1 is 1.29 bits per heavy atom. The first-order valence-electron chi connectivity index (χ1n) is 6.56. The molecule has 1 saturated heterocycles. The molecule has 2 rings (SSSR count). The molecule has 1 N–H and O–H groups in total. The van der Waals surface area contributed by atoms with Crippen LogP contribution in [-0.2, 0) is 17.6 Å². The second-order valence-electron chi connectivity index (χ2n) is 5.08. The van der Waals surface area contributed by atoms with Crippen LogP contribution < -0.4 is 0 Å². The molecule has 0 aliphatic carbocycles. The Balaban J connectivity index is 1.91. The van der Waals surface area contributed by atoms with Crippen molar-refractivity contribution < 1.29 is 9.84 Å². The molecule has 3 unspecified atom stereocenters. The summed E-state index contributed by atoms with van der Waals surface area (Å²) in [7, 11) is 0. The number of benzene rings is 1. The largest absolute Gasteiger partial charge is 0.392 e. The molecule has 0 radical (unpaired) electrons. The summed E-state index contributed by atoms with van der Waals surface area (Å²) in [5, 5.41) is 10.2. The molecule has 3 atom stereocenters. The van der Waals surface area contributed by atoms with Gasteiger partial charge < -0.3 is 9.84 Å². The first-order chi connectivity index (χ1) is 8.19. The van der Waals surface area contributed by atoms with Crippen molar-refractivity contribution in [3.8, 4) is 0 Å². The number of rotatable bonds is 4. The van der Waals surface area contributed by atoms with Crippen molar-refractivity contribution >= 4 is 0 Å². The van der Waals surface area contributed by atoms with Gasteiger partial charge in [-0.2, -0.15) is 0 Å². The third kappa shape index (κ3) is 3.30. The number of aliphatic hydroxyl groups is 1. The third-order valence-electron chi connectivity index (χ3n) is 3.65. The molecule has 0 saturated carbocycles. The lowest BCUT2D eigenvalue weighted by Gasteiger charge is -2.16. The van der Waals surface area contributed by atoms with Gasteiger partial charge in [0.2, 0.25) is 0 Å². The van der Waals surface area contributed by atoms with Crippen LogP contribution in [0, 0.1) is 5.92 Å². The maximum absolute atomic E-state index is 10.2. The highest BCUT2D eigenvalue weighted by Gasteiger charge is 2.28. The Bertz CT molecular complexity index is 344. The van der Waals surface area contributed by atoms with Crippen LogP contribution in [0.3, 0.4) is 0 Å². The van der Waals surface area contributed by atoms with Crippen LogP contribution in [0.1, 0.15) is 31.4 Å². The predicted molar refractivity (Wildman–Crippen MR) is 69.1 cm³/mol. The van der Waals surface area contributed by atoms with Crippen molar-refractivity contribution in [2.45, 2.75) is 45.3 Å². The second kappa shape index (κ2) is 5.65. The summed E-state index contributed by atoms with van der Waals surface area (Å²) >= 11 is 0. The van der Waals surface area contributed by atoms with Crippen LogP contribution in [0.15, 0.2) is 24.3 Å². The van der Waals surface area contributed by atoms with Crippen molar-refractivity contribution in [1.82, 2.24) is 0 Å². The SMILES string of the molecule is CCc1ccc(CC(O)C2COC(C)C2)cc1. The molecule has 2 heteroatoms. The Kier molecular flexibility index (Phi) is 4.19. The van der Waals surface area contributed by atoms with Crippen molar-refractivity contribution in [1.29, 1.82) is 0 Å². The molecular formula is C15H22O2. The van der Waals surface area contributed by atoms with Gasteiger partial charge in [-0.1, -0.05) is 31.2 Å². The zero-order valence-corrected chi connectivity index (χ0v) is 10.7. The van der Waals surface area contributed by atoms with E-state index in [2.05, 4.69) is 38.1 Å². The highest BCUT2D eigenvalue weighted by Crippen LogP contribution is 2.24. The Labute approximate surface area is 104 Å². The highest BCUT2D eigenvalue weighted by atomic mass is 16.5. The predicted octanol–water partition coefficient (Wildman–Crippen LogP) is 2.58. The van der Waals surface area contributed by atoms with E-state index in [1.54, 1.807) is 0 Å². The maximum atomic E-state index is 10.2. The van der Waals surface area contributed by atoms with Crippen LogP contribution in [0.4, 0.5) is 0 Å². The average Bonchev–Trinajstić information content (AvgIpc) is 2.77. The highest BCUT2D eigenvalue weighted by molar-refractivity contribution is 5.23. The molecule has 0 bridgehead atoms. The standard InChI is InChI=1S/C15H22O2/c1-3-12-4-6-13(7-5-12)9-15(16)14-8-11(2)17-10-14/h4-7,11,14-16H,3,8-10H2,1-2H3. The van der Waals surface area contributed by atoms with Crippen molar-refractivity contribution in [3.05, 3.63) is 35.4 Å². The molecule has 1 fully saturated rings. The summed E-state index contributed by atoms with van der Waals surface area (Å²) in [6, 6.07) is 8.55. The minimum atomic E-state index is -0.271. The minimum absolute atomic E-state index is 0.271. The molecule has 2 nitrogen and oxygen atoms in total. The van der Waals surface area contributed by atoms with Crippen molar-refractivity contribution in [3.63, 3.8) is 0 Å². The number of hydrogen-bond acceptors (Lipinski definition) is 2. The van der Waals surface area contributed by atoms with Crippen LogP contribution in [0.2, 0.25) is 0 Å². The van der Waals surface area contributed by atoms with Gasteiger partial charge in [-0.05, 0) is 37.3 Å². The van der Waals surface area contributed by atoms with E-state index in [-0.39, 0.29) is 6.10 Å². The van der Waals surface area contributed by atoms with Crippen LogP contribution >= 0.6 is 0 Å². The van der Waals surface area contributed by atoms with Gasteiger partial charge in [-0.15, -0.1) is 0 Å². The third-order valence-corrected chi connectivity index (χ3v) is 3.65. The van der Waals surface area contributed by atoms with E-state index in [0.717, 1.165) is 19.3 Å². The monoisotopic (exact) mass is 234 g/mol. The van der Waals surface area contributed by atoms with E-state index in [4.69, 9.17) is 4.74 Å². The smallest absolute Gasteiger partial charge is 0.0631 e. The maximum Gasteiger partial charge on any atom is 0.0631 e. The molecule has 0 spiro atoms. The number of ether oxygens (including phenoxy) is 1. The van der Waals surface area contributed by atoms with Crippen LogP contribution in [-0.4, -0.2) is 23.9 Å². The first kappa shape index (κ1) is 12.6. The Morgan fingerprint density at radius 3 is 2.47 bits per heavy atom. The Hall–Kier alpha value is -0.860. The minimum Gasteiger partial charge on any atom is -0.392 e. The van der Waals surface area contributed by atoms with Gasteiger partial charge in [0.1, 0.15) is 0 Å². The van der Waals surface area contributed by atoms with Gasteiger partial charge in [0.15, 0.2) is 0 Å². The second-order valence-corrected chi connectivity index (χ2v) is 5.08. The van der Waals surface area contributed by atoms with E-state index in [1.807, 2.05) is 0 Å². The zero-order chi connectivity index (χ0) is 12.3. The topological polar surface area (TPSA) is 29.5 Å². The van der Waals surface area contributed by atoms with Crippen molar-refractivity contribution in [2.75, 3.05) is 6.61 Å². The molecule has 1 aromatic carbocycles. The lowest BCUT2D eigenvalue weighted by atomic mass is 9.93. The summed E-state index contributed by atoms with van der Waals surface area (Å²) in [6.07, 6.45) is 2.82. The number of aliphatic hydroxyl groups excluding tert-OH is 1. The molecular weight excluding hydrogens is 212 g/mol.